The van der Waals surface area contributed by atoms with Crippen LogP contribution >= 0.6 is 0 Å². The van der Waals surface area contributed by atoms with Crippen LogP contribution in [0.25, 0.3) is 0 Å². The molecule has 1 aromatic carbocycles. The Morgan fingerprint density at radius 1 is 1.31 bits per heavy atom. The van der Waals surface area contributed by atoms with Gasteiger partial charge in [0.1, 0.15) is 5.92 Å². The Labute approximate surface area is 154 Å². The predicted molar refractivity (Wildman–Crippen MR) is 101 cm³/mol. The molecule has 1 aromatic rings. The molecule has 1 unspecified atom stereocenters. The van der Waals surface area contributed by atoms with Gasteiger partial charge in [0.2, 0.25) is 5.91 Å². The molecule has 2 atom stereocenters. The number of carbonyl (C=O) groups is 3. The number of rotatable bonds is 8. The maximum absolute atomic E-state index is 12.4. The van der Waals surface area contributed by atoms with Gasteiger partial charge in [0, 0.05) is 12.0 Å². The van der Waals surface area contributed by atoms with Crippen LogP contribution in [0.2, 0.25) is 24.7 Å². The van der Waals surface area contributed by atoms with Crippen LogP contribution in [0.5, 0.6) is 0 Å². The van der Waals surface area contributed by atoms with Crippen molar-refractivity contribution in [3.05, 3.63) is 48.6 Å². The van der Waals surface area contributed by atoms with Crippen LogP contribution < -0.4 is 5.32 Å². The van der Waals surface area contributed by atoms with Crippen molar-refractivity contribution in [3.8, 4) is 6.07 Å². The lowest BCUT2D eigenvalue weighted by Crippen LogP contribution is -2.42. The lowest BCUT2D eigenvalue weighted by molar-refractivity contribution is -0.143. The van der Waals surface area contributed by atoms with Gasteiger partial charge in [0.05, 0.1) is 21.3 Å². The number of hydrogen-bond donors (Lipinski definition) is 1. The standard InChI is InChI=1S/C19H24N2O4Si/c1-5-11-26(3,4)16(15(13-20)19(24)25-2)12-17(22)21-18(23)14-9-7-6-8-10-14/h5-10,15-16H,1,11-12H2,2-4H3,(H,21,22,23)/t15?,16-/m1/s1. The molecular weight excluding hydrogens is 348 g/mol. The third-order valence-corrected chi connectivity index (χ3v) is 8.25. The van der Waals surface area contributed by atoms with Gasteiger partial charge in [-0.25, -0.2) is 0 Å². The van der Waals surface area contributed by atoms with Gasteiger partial charge in [-0.3, -0.25) is 19.7 Å². The zero-order valence-corrected chi connectivity index (χ0v) is 16.3. The Hall–Kier alpha value is -2.72. The van der Waals surface area contributed by atoms with Crippen LogP contribution in [0.3, 0.4) is 0 Å². The third-order valence-electron chi connectivity index (χ3n) is 4.37. The Kier molecular flexibility index (Phi) is 7.94. The number of nitriles is 1. The average Bonchev–Trinajstić information content (AvgIpc) is 2.61. The molecule has 7 heteroatoms. The monoisotopic (exact) mass is 372 g/mol. The molecule has 0 aliphatic heterocycles. The number of nitrogens with zero attached hydrogens (tertiary/aromatic N) is 1. The summed E-state index contributed by atoms with van der Waals surface area (Å²) in [4.78, 5) is 36.6. The minimum atomic E-state index is -2.20. The molecule has 0 heterocycles. The molecule has 0 saturated heterocycles. The number of amides is 2. The topological polar surface area (TPSA) is 96.3 Å². The van der Waals surface area contributed by atoms with Crippen molar-refractivity contribution in [1.29, 1.82) is 5.26 Å². The summed E-state index contributed by atoms with van der Waals surface area (Å²) in [5, 5.41) is 11.8. The maximum Gasteiger partial charge on any atom is 0.323 e. The normalized spacial score (nSPS) is 13.0. The Morgan fingerprint density at radius 2 is 1.92 bits per heavy atom. The lowest BCUT2D eigenvalue weighted by Gasteiger charge is -2.33. The number of esters is 1. The largest absolute Gasteiger partial charge is 0.468 e. The summed E-state index contributed by atoms with van der Waals surface area (Å²) < 4.78 is 4.73. The molecule has 0 aliphatic carbocycles. The van der Waals surface area contributed by atoms with E-state index in [4.69, 9.17) is 4.74 Å². The molecule has 1 rings (SSSR count). The van der Waals surface area contributed by atoms with Crippen molar-refractivity contribution in [2.75, 3.05) is 7.11 Å². The number of ether oxygens (including phenoxy) is 1. The van der Waals surface area contributed by atoms with Crippen molar-refractivity contribution >= 4 is 25.9 Å². The van der Waals surface area contributed by atoms with E-state index in [1.807, 2.05) is 19.2 Å². The predicted octanol–water partition coefficient (Wildman–Crippen LogP) is 2.91. The maximum atomic E-state index is 12.4. The van der Waals surface area contributed by atoms with Crippen LogP contribution in [0.15, 0.2) is 43.0 Å². The first kappa shape index (κ1) is 21.3. The highest BCUT2D eigenvalue weighted by Gasteiger charge is 2.42. The molecule has 26 heavy (non-hydrogen) atoms. The minimum absolute atomic E-state index is 0.0983. The molecule has 0 saturated carbocycles. The van der Waals surface area contributed by atoms with Crippen LogP contribution in [0.1, 0.15) is 16.8 Å². The Morgan fingerprint density at radius 3 is 2.42 bits per heavy atom. The molecule has 0 fully saturated rings. The second-order valence-electron chi connectivity index (χ2n) is 6.67. The van der Waals surface area contributed by atoms with E-state index >= 15 is 0 Å². The zero-order chi connectivity index (χ0) is 19.7. The van der Waals surface area contributed by atoms with Gasteiger partial charge < -0.3 is 4.74 Å². The number of methoxy groups -OCH3 is 1. The number of nitrogens with one attached hydrogen (secondary N) is 1. The molecule has 0 radical (unpaired) electrons. The Bertz CT molecular complexity index is 710. The Balaban J connectivity index is 2.99. The number of allylic oxidation sites excluding steroid dienone is 1. The van der Waals surface area contributed by atoms with Gasteiger partial charge in [-0.05, 0) is 23.7 Å². The van der Waals surface area contributed by atoms with E-state index in [1.165, 1.54) is 7.11 Å². The van der Waals surface area contributed by atoms with Gasteiger partial charge in [-0.1, -0.05) is 37.4 Å². The highest BCUT2D eigenvalue weighted by Crippen LogP contribution is 2.36. The lowest BCUT2D eigenvalue weighted by atomic mass is 10.0. The van der Waals surface area contributed by atoms with E-state index < -0.39 is 37.3 Å². The van der Waals surface area contributed by atoms with Crippen LogP contribution in [0.4, 0.5) is 0 Å². The fourth-order valence-corrected chi connectivity index (χ4v) is 5.74. The van der Waals surface area contributed by atoms with Crippen molar-refractivity contribution in [2.45, 2.75) is 31.1 Å². The molecule has 138 valence electrons. The molecule has 6 nitrogen and oxygen atoms in total. The smallest absolute Gasteiger partial charge is 0.323 e. The average molecular weight is 372 g/mol. The highest BCUT2D eigenvalue weighted by atomic mass is 28.3. The van der Waals surface area contributed by atoms with E-state index in [0.717, 1.165) is 0 Å². The van der Waals surface area contributed by atoms with E-state index in [9.17, 15) is 19.6 Å². The van der Waals surface area contributed by atoms with Crippen molar-refractivity contribution in [3.63, 3.8) is 0 Å². The zero-order valence-electron chi connectivity index (χ0n) is 15.3. The van der Waals surface area contributed by atoms with E-state index in [1.54, 1.807) is 36.4 Å². The van der Waals surface area contributed by atoms with Crippen molar-refractivity contribution in [2.24, 2.45) is 5.92 Å². The number of hydrogen-bond acceptors (Lipinski definition) is 5. The number of imide groups is 1. The fourth-order valence-electron chi connectivity index (χ4n) is 2.84. The van der Waals surface area contributed by atoms with Crippen LogP contribution in [0, 0.1) is 17.2 Å². The van der Waals surface area contributed by atoms with E-state index in [-0.39, 0.29) is 6.42 Å². The summed E-state index contributed by atoms with van der Waals surface area (Å²) in [5.41, 5.74) is -0.133. The van der Waals surface area contributed by atoms with Gasteiger partial charge in [0.25, 0.3) is 5.91 Å². The number of carbonyl (C=O) groups excluding carboxylic acids is 3. The molecule has 0 aromatic heterocycles. The molecule has 2 amide bonds. The first-order valence-corrected chi connectivity index (χ1v) is 11.5. The third kappa shape index (κ3) is 5.67. The van der Waals surface area contributed by atoms with Crippen LogP contribution in [-0.4, -0.2) is 33.0 Å². The van der Waals surface area contributed by atoms with Gasteiger partial charge >= 0.3 is 5.97 Å². The highest BCUT2D eigenvalue weighted by molar-refractivity contribution is 6.79. The summed E-state index contributed by atoms with van der Waals surface area (Å²) in [6, 6.07) is 11.0. The number of benzene rings is 1. The summed E-state index contributed by atoms with van der Waals surface area (Å²) >= 11 is 0. The summed E-state index contributed by atoms with van der Waals surface area (Å²) in [6.07, 6.45) is 1.64. The fraction of sp³-hybridized carbons (Fsp3) is 0.368. The first-order valence-electron chi connectivity index (χ1n) is 8.24. The van der Waals surface area contributed by atoms with Gasteiger partial charge in [0.15, 0.2) is 0 Å². The molecular formula is C19H24N2O4Si. The second kappa shape index (κ2) is 9.68. The minimum Gasteiger partial charge on any atom is -0.468 e. The molecule has 1 N–H and O–H groups in total. The summed E-state index contributed by atoms with van der Waals surface area (Å²) in [7, 11) is -0.989. The second-order valence-corrected chi connectivity index (χ2v) is 11.8. The summed E-state index contributed by atoms with van der Waals surface area (Å²) in [6.45, 7) is 7.70. The van der Waals surface area contributed by atoms with Crippen LogP contribution in [-0.2, 0) is 14.3 Å². The summed E-state index contributed by atoms with van der Waals surface area (Å²) in [5.74, 6) is -2.75. The van der Waals surface area contributed by atoms with Gasteiger partial charge in [-0.2, -0.15) is 5.26 Å². The molecule has 0 bridgehead atoms. The SMILES string of the molecule is C=CC[Si](C)(C)[C@H](CC(=O)NC(=O)c1ccccc1)C(C#N)C(=O)OC. The van der Waals surface area contributed by atoms with E-state index in [2.05, 4.69) is 11.9 Å². The molecule has 0 aliphatic rings. The van der Waals surface area contributed by atoms with Crippen molar-refractivity contribution in [1.82, 2.24) is 5.32 Å². The quantitative estimate of drug-likeness (QED) is 0.430. The van der Waals surface area contributed by atoms with E-state index in [0.29, 0.717) is 11.6 Å². The first-order chi connectivity index (χ1) is 12.3. The molecule has 0 spiro atoms. The van der Waals surface area contributed by atoms with Gasteiger partial charge in [-0.15, -0.1) is 6.58 Å². The van der Waals surface area contributed by atoms with Crippen molar-refractivity contribution < 1.29 is 19.1 Å².